The summed E-state index contributed by atoms with van der Waals surface area (Å²) < 4.78 is 28.1. The molecule has 4 nitrogen and oxygen atoms in total. The molecule has 1 aromatic heterocycles. The molecule has 8 heteroatoms. The van der Waals surface area contributed by atoms with Gasteiger partial charge in [-0.05, 0) is 24.3 Å². The van der Waals surface area contributed by atoms with Crippen LogP contribution in [0.25, 0.3) is 0 Å². The topological polar surface area (TPSA) is 74.0 Å². The normalized spacial score (nSPS) is 13.9. The second-order valence-corrected chi connectivity index (χ2v) is 7.26. The number of rotatable bonds is 5. The summed E-state index contributed by atoms with van der Waals surface area (Å²) in [5.74, 6) is -0.438. The first-order valence-electron chi connectivity index (χ1n) is 5.88. The van der Waals surface area contributed by atoms with E-state index in [9.17, 15) is 8.94 Å². The summed E-state index contributed by atoms with van der Waals surface area (Å²) in [5.41, 5.74) is 6.23. The van der Waals surface area contributed by atoms with Crippen LogP contribution >= 0.6 is 22.9 Å². The van der Waals surface area contributed by atoms with Crippen molar-refractivity contribution in [2.24, 2.45) is 0 Å². The van der Waals surface area contributed by atoms with Gasteiger partial charge >= 0.3 is 0 Å². The highest BCUT2D eigenvalue weighted by Crippen LogP contribution is 2.33. The first kappa shape index (κ1) is 16.3. The average Bonchev–Trinajstić information content (AvgIpc) is 2.83. The Morgan fingerprint density at radius 3 is 2.86 bits per heavy atom. The van der Waals surface area contributed by atoms with Gasteiger partial charge in [0.25, 0.3) is 0 Å². The molecule has 0 aliphatic heterocycles. The second kappa shape index (κ2) is 6.76. The molecule has 0 unspecified atom stereocenters. The summed E-state index contributed by atoms with van der Waals surface area (Å²) in [5, 5.41) is 0.620. The number of benzene rings is 1. The molecule has 0 aliphatic carbocycles. The highest BCUT2D eigenvalue weighted by molar-refractivity contribution is 7.93. The van der Waals surface area contributed by atoms with Crippen LogP contribution in [0, 0.1) is 5.82 Å². The molecule has 21 heavy (non-hydrogen) atoms. The molecule has 112 valence electrons. The molecule has 2 rings (SSSR count). The van der Waals surface area contributed by atoms with Crippen molar-refractivity contribution >= 4 is 39.4 Å². The van der Waals surface area contributed by atoms with Gasteiger partial charge in [0.15, 0.2) is 5.13 Å². The number of aromatic nitrogens is 1. The first-order valence-corrected chi connectivity index (χ1v) is 8.22. The van der Waals surface area contributed by atoms with E-state index in [0.29, 0.717) is 15.6 Å². The molecule has 0 fully saturated rings. The van der Waals surface area contributed by atoms with Crippen LogP contribution in [0.5, 0.6) is 0 Å². The van der Waals surface area contributed by atoms with E-state index in [1.54, 1.807) is 19.2 Å². The number of hydrogen-bond acceptors (Lipinski definition) is 5. The van der Waals surface area contributed by atoms with E-state index in [-0.39, 0.29) is 5.02 Å². The molecule has 0 bridgehead atoms. The van der Waals surface area contributed by atoms with Crippen molar-refractivity contribution in [1.82, 2.24) is 9.71 Å². The highest BCUT2D eigenvalue weighted by Gasteiger charge is 2.25. The largest absolute Gasteiger partial charge is 0.593 e. The standard InChI is InChI=1S/C13H13ClFN3OS2/c1-7(2)21(19)18-12(11-6-17-13(16)20-11)9-4-3-8(15)5-10(9)14/h3-6,12,18H,1H2,2H3,(H2,16,17)/t12-,21+/m0/s1. The Hall–Kier alpha value is -1.12. The zero-order valence-corrected chi connectivity index (χ0v) is 13.5. The minimum Gasteiger partial charge on any atom is -0.593 e. The lowest BCUT2D eigenvalue weighted by atomic mass is 10.1. The van der Waals surface area contributed by atoms with Gasteiger partial charge in [-0.1, -0.05) is 17.7 Å². The third kappa shape index (κ3) is 3.96. The van der Waals surface area contributed by atoms with Crippen LogP contribution in [-0.2, 0) is 11.4 Å². The number of anilines is 1. The van der Waals surface area contributed by atoms with E-state index in [0.717, 1.165) is 4.88 Å². The monoisotopic (exact) mass is 345 g/mol. The Morgan fingerprint density at radius 1 is 1.62 bits per heavy atom. The Kier molecular flexibility index (Phi) is 5.23. The minimum atomic E-state index is -1.47. The quantitative estimate of drug-likeness (QED) is 0.814. The number of allylic oxidation sites excluding steroid dienone is 1. The van der Waals surface area contributed by atoms with Crippen LogP contribution in [0.3, 0.4) is 0 Å². The van der Waals surface area contributed by atoms with E-state index in [4.69, 9.17) is 17.3 Å². The van der Waals surface area contributed by atoms with Crippen molar-refractivity contribution in [2.75, 3.05) is 5.73 Å². The summed E-state index contributed by atoms with van der Waals surface area (Å²) in [6.45, 7) is 5.29. The number of nitrogen functional groups attached to an aromatic ring is 1. The fourth-order valence-electron chi connectivity index (χ4n) is 1.65. The Labute approximate surface area is 134 Å². The molecule has 0 saturated carbocycles. The molecular weight excluding hydrogens is 333 g/mol. The Morgan fingerprint density at radius 2 is 2.33 bits per heavy atom. The van der Waals surface area contributed by atoms with Gasteiger partial charge < -0.3 is 10.3 Å². The number of thiazole rings is 1. The SMILES string of the molecule is C=C(C)[S@@+]([O-])N[C@H](c1cnc(N)s1)c1ccc(F)cc1Cl. The van der Waals surface area contributed by atoms with Crippen molar-refractivity contribution < 1.29 is 8.94 Å². The highest BCUT2D eigenvalue weighted by atomic mass is 35.5. The van der Waals surface area contributed by atoms with Crippen molar-refractivity contribution in [2.45, 2.75) is 13.0 Å². The van der Waals surface area contributed by atoms with Crippen LogP contribution in [-0.4, -0.2) is 9.54 Å². The maximum atomic E-state index is 13.2. The minimum absolute atomic E-state index is 0.234. The molecule has 2 aromatic rings. The Balaban J connectivity index is 2.42. The predicted octanol–water partition coefficient (Wildman–Crippen LogP) is 3.39. The van der Waals surface area contributed by atoms with E-state index < -0.39 is 23.2 Å². The number of nitrogens with two attached hydrogens (primary N) is 1. The third-order valence-electron chi connectivity index (χ3n) is 2.64. The van der Waals surface area contributed by atoms with Gasteiger partial charge in [0.2, 0.25) is 0 Å². The molecule has 0 radical (unpaired) electrons. The third-order valence-corrected chi connectivity index (χ3v) is 4.94. The summed E-state index contributed by atoms with van der Waals surface area (Å²) in [6.07, 6.45) is 1.58. The molecular formula is C13H13ClFN3OS2. The van der Waals surface area contributed by atoms with E-state index in [2.05, 4.69) is 16.3 Å². The summed E-state index contributed by atoms with van der Waals surface area (Å²) in [6, 6.07) is 3.54. The van der Waals surface area contributed by atoms with Gasteiger partial charge in [-0.25, -0.2) is 9.37 Å². The second-order valence-electron chi connectivity index (χ2n) is 4.29. The van der Waals surface area contributed by atoms with Gasteiger partial charge in [-0.2, -0.15) is 0 Å². The fourth-order valence-corrected chi connectivity index (χ4v) is 3.43. The molecule has 3 N–H and O–H groups in total. The number of hydrogen-bond donors (Lipinski definition) is 2. The predicted molar refractivity (Wildman–Crippen MR) is 85.9 cm³/mol. The lowest BCUT2D eigenvalue weighted by Gasteiger charge is -2.20. The van der Waals surface area contributed by atoms with Gasteiger partial charge in [0.1, 0.15) is 16.8 Å². The maximum Gasteiger partial charge on any atom is 0.180 e. The molecule has 0 amide bonds. The average molecular weight is 346 g/mol. The molecule has 0 aliphatic rings. The van der Waals surface area contributed by atoms with Gasteiger partial charge in [0.05, 0.1) is 16.2 Å². The fraction of sp³-hybridized carbons (Fsp3) is 0.154. The van der Waals surface area contributed by atoms with Crippen molar-refractivity contribution in [3.63, 3.8) is 0 Å². The maximum absolute atomic E-state index is 13.2. The van der Waals surface area contributed by atoms with Gasteiger partial charge in [-0.15, -0.1) is 16.1 Å². The molecule has 1 aromatic carbocycles. The van der Waals surface area contributed by atoms with Crippen molar-refractivity contribution in [1.29, 1.82) is 0 Å². The van der Waals surface area contributed by atoms with Crippen LogP contribution in [0.1, 0.15) is 23.4 Å². The van der Waals surface area contributed by atoms with Crippen LogP contribution in [0.4, 0.5) is 9.52 Å². The molecule has 0 saturated heterocycles. The van der Waals surface area contributed by atoms with E-state index in [1.165, 1.54) is 23.5 Å². The first-order chi connectivity index (χ1) is 9.88. The Bertz CT molecular complexity index is 665. The zero-order chi connectivity index (χ0) is 15.6. The molecule has 2 atom stereocenters. The lowest BCUT2D eigenvalue weighted by Crippen LogP contribution is -2.29. The molecule has 0 spiro atoms. The number of nitrogens with one attached hydrogen (secondary N) is 1. The summed E-state index contributed by atoms with van der Waals surface area (Å²) in [4.78, 5) is 5.18. The van der Waals surface area contributed by atoms with Gasteiger partial charge in [0, 0.05) is 18.1 Å². The smallest absolute Gasteiger partial charge is 0.180 e. The van der Waals surface area contributed by atoms with Crippen LogP contribution in [0.15, 0.2) is 35.9 Å². The van der Waals surface area contributed by atoms with Gasteiger partial charge in [-0.3, -0.25) is 0 Å². The number of nitrogens with zero attached hydrogens (tertiary/aromatic N) is 1. The lowest BCUT2D eigenvalue weighted by molar-refractivity contribution is 0.578. The summed E-state index contributed by atoms with van der Waals surface area (Å²) in [7, 11) is 0. The number of halogens is 2. The van der Waals surface area contributed by atoms with E-state index >= 15 is 0 Å². The van der Waals surface area contributed by atoms with Crippen molar-refractivity contribution in [3.05, 3.63) is 57.2 Å². The van der Waals surface area contributed by atoms with E-state index in [1.807, 2.05) is 0 Å². The van der Waals surface area contributed by atoms with Crippen LogP contribution < -0.4 is 10.5 Å². The zero-order valence-electron chi connectivity index (χ0n) is 11.1. The molecule has 1 heterocycles. The van der Waals surface area contributed by atoms with Crippen molar-refractivity contribution in [3.8, 4) is 0 Å². The summed E-state index contributed by atoms with van der Waals surface area (Å²) >= 11 is 5.87. The van der Waals surface area contributed by atoms with Crippen LogP contribution in [0.2, 0.25) is 5.02 Å².